The van der Waals surface area contributed by atoms with Crippen LogP contribution in [0.5, 0.6) is 0 Å². The Bertz CT molecular complexity index is 567. The van der Waals surface area contributed by atoms with Crippen LogP contribution in [0.2, 0.25) is 0 Å². The number of aromatic nitrogens is 1. The molecule has 0 unspecified atom stereocenters. The third-order valence-corrected chi connectivity index (χ3v) is 3.36. The van der Waals surface area contributed by atoms with Gasteiger partial charge >= 0.3 is 0 Å². The van der Waals surface area contributed by atoms with Crippen LogP contribution in [-0.4, -0.2) is 28.8 Å². The fraction of sp³-hybridized carbons (Fsp3) is 0.357. The Kier molecular flexibility index (Phi) is 2.78. The number of nitrogens with one attached hydrogen (secondary N) is 1. The lowest BCUT2D eigenvalue weighted by Crippen LogP contribution is -2.43. The largest absolute Gasteiger partial charge is 0.394 e. The Balaban J connectivity index is 2.01. The lowest BCUT2D eigenvalue weighted by molar-refractivity contribution is 0.0951. The number of pyridine rings is 1. The zero-order chi connectivity index (χ0) is 12.6. The third-order valence-electron chi connectivity index (χ3n) is 3.36. The van der Waals surface area contributed by atoms with Crippen molar-refractivity contribution in [1.82, 2.24) is 10.3 Å². The summed E-state index contributed by atoms with van der Waals surface area (Å²) >= 11 is 0. The minimum Gasteiger partial charge on any atom is -0.394 e. The van der Waals surface area contributed by atoms with Gasteiger partial charge in [0.15, 0.2) is 0 Å². The van der Waals surface area contributed by atoms with E-state index < -0.39 is 0 Å². The van der Waals surface area contributed by atoms with Gasteiger partial charge in [0.2, 0.25) is 0 Å². The number of aliphatic hydroxyl groups is 1. The number of para-hydroxylation sites is 1. The van der Waals surface area contributed by atoms with Crippen molar-refractivity contribution < 1.29 is 9.84 Å². The molecule has 1 aliphatic rings. The highest BCUT2D eigenvalue weighted by Gasteiger charge is 2.35. The Hall–Kier alpha value is -1.49. The van der Waals surface area contributed by atoms with Crippen molar-refractivity contribution in [2.45, 2.75) is 18.7 Å². The molecule has 4 nitrogen and oxygen atoms in total. The maximum atomic E-state index is 9.35. The molecule has 0 aliphatic carbocycles. The molecule has 2 N–H and O–H groups in total. The summed E-state index contributed by atoms with van der Waals surface area (Å²) in [6.07, 6.45) is 1.60. The van der Waals surface area contributed by atoms with E-state index in [0.29, 0.717) is 6.61 Å². The summed E-state index contributed by atoms with van der Waals surface area (Å²) in [7, 11) is 0. The number of benzene rings is 1. The van der Waals surface area contributed by atoms with Gasteiger partial charge in [-0.25, -0.2) is 0 Å². The fourth-order valence-corrected chi connectivity index (χ4v) is 2.27. The summed E-state index contributed by atoms with van der Waals surface area (Å²) in [5, 5.41) is 13.8. The van der Waals surface area contributed by atoms with E-state index in [2.05, 4.69) is 10.3 Å². The molecule has 4 heteroatoms. The third kappa shape index (κ3) is 1.88. The molecular weight excluding hydrogens is 228 g/mol. The molecule has 1 saturated heterocycles. The maximum Gasteiger partial charge on any atom is 0.135 e. The summed E-state index contributed by atoms with van der Waals surface area (Å²) < 4.78 is 5.75. The van der Waals surface area contributed by atoms with Gasteiger partial charge in [-0.05, 0) is 19.1 Å². The van der Waals surface area contributed by atoms with Gasteiger partial charge < -0.3 is 9.84 Å². The normalized spacial score (nSPS) is 27.8. The molecule has 94 valence electrons. The van der Waals surface area contributed by atoms with Crippen LogP contribution >= 0.6 is 0 Å². The van der Waals surface area contributed by atoms with E-state index in [1.165, 1.54) is 0 Å². The van der Waals surface area contributed by atoms with Gasteiger partial charge in [0.25, 0.3) is 0 Å². The molecule has 0 bridgehead atoms. The molecule has 1 aliphatic heterocycles. The van der Waals surface area contributed by atoms with Gasteiger partial charge in [-0.15, -0.1) is 0 Å². The molecule has 1 aromatic carbocycles. The second-order valence-electron chi connectivity index (χ2n) is 4.97. The van der Waals surface area contributed by atoms with Crippen LogP contribution in [0.15, 0.2) is 36.5 Å². The zero-order valence-electron chi connectivity index (χ0n) is 10.3. The van der Waals surface area contributed by atoms with Gasteiger partial charge in [-0.2, -0.15) is 0 Å². The molecule has 1 aromatic heterocycles. The molecule has 2 heterocycles. The van der Waals surface area contributed by atoms with E-state index in [1.807, 2.05) is 37.3 Å². The van der Waals surface area contributed by atoms with Gasteiger partial charge in [0.05, 0.1) is 24.3 Å². The van der Waals surface area contributed by atoms with Crippen molar-refractivity contribution in [1.29, 1.82) is 0 Å². The quantitative estimate of drug-likeness (QED) is 0.842. The molecule has 0 spiro atoms. The Morgan fingerprint density at radius 3 is 3.06 bits per heavy atom. The molecule has 18 heavy (non-hydrogen) atoms. The van der Waals surface area contributed by atoms with Crippen molar-refractivity contribution in [2.75, 3.05) is 13.2 Å². The first-order valence-corrected chi connectivity index (χ1v) is 6.06. The highest BCUT2D eigenvalue weighted by Crippen LogP contribution is 2.30. The second kappa shape index (κ2) is 4.31. The number of hydrogen-bond donors (Lipinski definition) is 2. The molecule has 1 fully saturated rings. The molecule has 0 saturated carbocycles. The molecule has 0 radical (unpaired) electrons. The van der Waals surface area contributed by atoms with E-state index in [9.17, 15) is 5.11 Å². The topological polar surface area (TPSA) is 54.4 Å². The zero-order valence-corrected chi connectivity index (χ0v) is 10.3. The molecule has 2 atom stereocenters. The van der Waals surface area contributed by atoms with Crippen molar-refractivity contribution >= 4 is 10.9 Å². The summed E-state index contributed by atoms with van der Waals surface area (Å²) in [5.74, 6) is 0. The highest BCUT2D eigenvalue weighted by molar-refractivity contribution is 5.82. The number of fused-ring (bicyclic) bond motifs is 1. The van der Waals surface area contributed by atoms with Crippen LogP contribution in [0.25, 0.3) is 10.9 Å². The number of hydrogen-bond acceptors (Lipinski definition) is 4. The fourth-order valence-electron chi connectivity index (χ4n) is 2.27. The Morgan fingerprint density at radius 1 is 1.44 bits per heavy atom. The Labute approximate surface area is 106 Å². The first-order chi connectivity index (χ1) is 8.72. The minimum absolute atomic E-state index is 0.0620. The predicted molar refractivity (Wildman–Crippen MR) is 69.1 cm³/mol. The lowest BCUT2D eigenvalue weighted by Gasteiger charge is -2.20. The van der Waals surface area contributed by atoms with Gasteiger partial charge in [-0.3, -0.25) is 10.3 Å². The van der Waals surface area contributed by atoms with Crippen LogP contribution in [0.1, 0.15) is 18.7 Å². The second-order valence-corrected chi connectivity index (χ2v) is 4.97. The summed E-state index contributed by atoms with van der Waals surface area (Å²) in [6, 6.07) is 9.95. The van der Waals surface area contributed by atoms with Gasteiger partial charge in [0, 0.05) is 17.1 Å². The molecular formula is C14H16N2O2. The summed E-state index contributed by atoms with van der Waals surface area (Å²) in [4.78, 5) is 4.34. The van der Waals surface area contributed by atoms with E-state index >= 15 is 0 Å². The van der Waals surface area contributed by atoms with Gasteiger partial charge in [-0.1, -0.05) is 18.2 Å². The van der Waals surface area contributed by atoms with Crippen molar-refractivity contribution in [3.8, 4) is 0 Å². The van der Waals surface area contributed by atoms with Crippen LogP contribution in [-0.2, 0) is 4.74 Å². The maximum absolute atomic E-state index is 9.35. The summed E-state index contributed by atoms with van der Waals surface area (Å²) in [6.45, 7) is 2.52. The average molecular weight is 244 g/mol. The van der Waals surface area contributed by atoms with Crippen LogP contribution in [0.4, 0.5) is 0 Å². The highest BCUT2D eigenvalue weighted by atomic mass is 16.5. The predicted octanol–water partition coefficient (Wildman–Crippen LogP) is 1.60. The van der Waals surface area contributed by atoms with Crippen molar-refractivity contribution in [3.63, 3.8) is 0 Å². The summed E-state index contributed by atoms with van der Waals surface area (Å²) in [5.41, 5.74) is 1.66. The standard InChI is InChI=1S/C14H16N2O2/c1-14(8-17)9-18-13(16-14)11-6-7-15-12-5-3-2-4-10(11)12/h2-7,13,16-17H,8-9H2,1H3/t13-,14+/m1/s1. The average Bonchev–Trinajstić information content (AvgIpc) is 2.81. The SMILES string of the molecule is C[C@]1(CO)CO[C@H](c2ccnc3ccccc23)N1. The van der Waals surface area contributed by atoms with Crippen molar-refractivity contribution in [3.05, 3.63) is 42.1 Å². The van der Waals surface area contributed by atoms with E-state index in [0.717, 1.165) is 16.5 Å². The van der Waals surface area contributed by atoms with E-state index in [4.69, 9.17) is 4.74 Å². The van der Waals surface area contributed by atoms with E-state index in [-0.39, 0.29) is 18.4 Å². The van der Waals surface area contributed by atoms with Crippen LogP contribution in [0, 0.1) is 0 Å². The minimum atomic E-state index is -0.366. The number of nitrogens with zero attached hydrogens (tertiary/aromatic N) is 1. The lowest BCUT2D eigenvalue weighted by atomic mass is 10.0. The Morgan fingerprint density at radius 2 is 2.28 bits per heavy atom. The van der Waals surface area contributed by atoms with E-state index in [1.54, 1.807) is 6.20 Å². The van der Waals surface area contributed by atoms with Gasteiger partial charge in [0.1, 0.15) is 6.23 Å². The number of rotatable bonds is 2. The number of aliphatic hydroxyl groups excluding tert-OH is 1. The van der Waals surface area contributed by atoms with Crippen molar-refractivity contribution in [2.24, 2.45) is 0 Å². The molecule has 0 amide bonds. The van der Waals surface area contributed by atoms with Crippen LogP contribution in [0.3, 0.4) is 0 Å². The molecule has 2 aromatic rings. The smallest absolute Gasteiger partial charge is 0.135 e. The monoisotopic (exact) mass is 244 g/mol. The van der Waals surface area contributed by atoms with Crippen LogP contribution < -0.4 is 5.32 Å². The number of ether oxygens (including phenoxy) is 1. The first-order valence-electron chi connectivity index (χ1n) is 6.06. The molecule has 3 rings (SSSR count). The first kappa shape index (κ1) is 11.6.